The molecule has 3 rings (SSSR count). The molecule has 1 amide bonds. The summed E-state index contributed by atoms with van der Waals surface area (Å²) in [5.41, 5.74) is 7.99. The molecule has 6 nitrogen and oxygen atoms in total. The number of amides is 1. The van der Waals surface area contributed by atoms with Crippen molar-refractivity contribution in [3.05, 3.63) is 42.5 Å². The van der Waals surface area contributed by atoms with Crippen LogP contribution in [-0.2, 0) is 11.3 Å². The molecule has 128 valence electrons. The van der Waals surface area contributed by atoms with Crippen LogP contribution in [0.4, 0.5) is 0 Å². The SMILES string of the molecule is NCC1(CC(=O)NCc2ccc(-n3cncn3)cc2)CCCCC1. The molecule has 1 fully saturated rings. The molecule has 6 heteroatoms. The molecule has 0 unspecified atom stereocenters. The molecule has 0 saturated heterocycles. The summed E-state index contributed by atoms with van der Waals surface area (Å²) in [6.45, 7) is 1.14. The zero-order valence-corrected chi connectivity index (χ0v) is 13.9. The first-order valence-corrected chi connectivity index (χ1v) is 8.62. The van der Waals surface area contributed by atoms with Gasteiger partial charge in [-0.1, -0.05) is 31.4 Å². The molecular formula is C18H25N5O. The highest BCUT2D eigenvalue weighted by atomic mass is 16.1. The van der Waals surface area contributed by atoms with Gasteiger partial charge >= 0.3 is 0 Å². The van der Waals surface area contributed by atoms with Gasteiger partial charge < -0.3 is 11.1 Å². The average molecular weight is 327 g/mol. The van der Waals surface area contributed by atoms with E-state index >= 15 is 0 Å². The Labute approximate surface area is 142 Å². The molecule has 1 aliphatic rings. The van der Waals surface area contributed by atoms with Gasteiger partial charge in [-0.05, 0) is 42.5 Å². The number of rotatable bonds is 6. The van der Waals surface area contributed by atoms with Crippen molar-refractivity contribution in [3.8, 4) is 5.69 Å². The van der Waals surface area contributed by atoms with Crippen LogP contribution in [0.25, 0.3) is 5.69 Å². The smallest absolute Gasteiger partial charge is 0.220 e. The molecular weight excluding hydrogens is 302 g/mol. The van der Waals surface area contributed by atoms with Crippen molar-refractivity contribution >= 4 is 5.91 Å². The molecule has 1 aromatic carbocycles. The lowest BCUT2D eigenvalue weighted by Crippen LogP contribution is -2.38. The minimum absolute atomic E-state index is 0.0132. The molecule has 0 aliphatic heterocycles. The van der Waals surface area contributed by atoms with E-state index in [1.54, 1.807) is 11.0 Å². The fourth-order valence-electron chi connectivity index (χ4n) is 3.47. The van der Waals surface area contributed by atoms with E-state index in [0.717, 1.165) is 24.1 Å². The summed E-state index contributed by atoms with van der Waals surface area (Å²) in [6.07, 6.45) is 9.50. The Morgan fingerprint density at radius 3 is 2.58 bits per heavy atom. The Hall–Kier alpha value is -2.21. The number of nitrogens with zero attached hydrogens (tertiary/aromatic N) is 3. The second-order valence-corrected chi connectivity index (χ2v) is 6.72. The largest absolute Gasteiger partial charge is 0.352 e. The fourth-order valence-corrected chi connectivity index (χ4v) is 3.47. The molecule has 0 radical (unpaired) electrons. The van der Waals surface area contributed by atoms with Crippen LogP contribution in [-0.4, -0.2) is 27.2 Å². The summed E-state index contributed by atoms with van der Waals surface area (Å²) >= 11 is 0. The first kappa shape index (κ1) is 16.6. The highest BCUT2D eigenvalue weighted by Gasteiger charge is 2.32. The fraction of sp³-hybridized carbons (Fsp3) is 0.500. The minimum atomic E-state index is 0.0132. The molecule has 1 aliphatic carbocycles. The quantitative estimate of drug-likeness (QED) is 0.851. The number of hydrogen-bond donors (Lipinski definition) is 2. The third-order valence-corrected chi connectivity index (χ3v) is 4.99. The highest BCUT2D eigenvalue weighted by Crippen LogP contribution is 2.38. The van der Waals surface area contributed by atoms with E-state index in [0.29, 0.717) is 19.5 Å². The second kappa shape index (κ2) is 7.57. The summed E-state index contributed by atoms with van der Waals surface area (Å²) in [6, 6.07) is 7.94. The molecule has 1 aromatic heterocycles. The maximum absolute atomic E-state index is 12.3. The number of aromatic nitrogens is 3. The second-order valence-electron chi connectivity index (χ2n) is 6.72. The molecule has 0 atom stereocenters. The third kappa shape index (κ3) is 4.00. The van der Waals surface area contributed by atoms with Crippen LogP contribution in [0.1, 0.15) is 44.1 Å². The van der Waals surface area contributed by atoms with Gasteiger partial charge in [0.05, 0.1) is 5.69 Å². The maximum Gasteiger partial charge on any atom is 0.220 e. The van der Waals surface area contributed by atoms with Gasteiger partial charge in [0.2, 0.25) is 5.91 Å². The van der Waals surface area contributed by atoms with Gasteiger partial charge in [0, 0.05) is 13.0 Å². The van der Waals surface area contributed by atoms with E-state index in [1.807, 2.05) is 24.3 Å². The molecule has 2 aromatic rings. The number of hydrogen-bond acceptors (Lipinski definition) is 4. The number of nitrogens with two attached hydrogens (primary N) is 1. The Morgan fingerprint density at radius 2 is 1.96 bits per heavy atom. The normalized spacial score (nSPS) is 16.7. The number of carbonyl (C=O) groups excluding carboxylic acids is 1. The van der Waals surface area contributed by atoms with Crippen LogP contribution in [0.3, 0.4) is 0 Å². The monoisotopic (exact) mass is 327 g/mol. The number of nitrogens with one attached hydrogen (secondary N) is 1. The summed E-state index contributed by atoms with van der Waals surface area (Å²) in [4.78, 5) is 16.2. The summed E-state index contributed by atoms with van der Waals surface area (Å²) in [7, 11) is 0. The van der Waals surface area contributed by atoms with Gasteiger partial charge in [-0.3, -0.25) is 4.79 Å². The average Bonchev–Trinajstić information content (AvgIpc) is 3.16. The van der Waals surface area contributed by atoms with E-state index in [4.69, 9.17) is 5.73 Å². The van der Waals surface area contributed by atoms with Crippen LogP contribution in [0.15, 0.2) is 36.9 Å². The van der Waals surface area contributed by atoms with Crippen molar-refractivity contribution in [3.63, 3.8) is 0 Å². The maximum atomic E-state index is 12.3. The van der Waals surface area contributed by atoms with Crippen molar-refractivity contribution in [1.82, 2.24) is 20.1 Å². The standard InChI is InChI=1S/C18H25N5O/c19-12-18(8-2-1-3-9-18)10-17(24)21-11-15-4-6-16(7-5-15)23-14-20-13-22-23/h4-7,13-14H,1-3,8-12,19H2,(H,21,24). The van der Waals surface area contributed by atoms with Crippen LogP contribution >= 0.6 is 0 Å². The summed E-state index contributed by atoms with van der Waals surface area (Å²) in [5.74, 6) is 0.0997. The minimum Gasteiger partial charge on any atom is -0.352 e. The molecule has 3 N–H and O–H groups in total. The Balaban J connectivity index is 1.52. The van der Waals surface area contributed by atoms with Crippen molar-refractivity contribution in [2.24, 2.45) is 11.1 Å². The highest BCUT2D eigenvalue weighted by molar-refractivity contribution is 5.76. The number of benzene rings is 1. The summed E-state index contributed by atoms with van der Waals surface area (Å²) < 4.78 is 1.70. The number of carbonyl (C=O) groups is 1. The van der Waals surface area contributed by atoms with E-state index in [2.05, 4.69) is 15.4 Å². The van der Waals surface area contributed by atoms with Crippen LogP contribution in [0.2, 0.25) is 0 Å². The van der Waals surface area contributed by atoms with E-state index in [1.165, 1.54) is 25.6 Å². The zero-order chi connectivity index (χ0) is 16.8. The van der Waals surface area contributed by atoms with Gasteiger partial charge in [-0.2, -0.15) is 5.10 Å². The Kier molecular flexibility index (Phi) is 5.25. The Bertz CT molecular complexity index is 645. The first-order valence-electron chi connectivity index (χ1n) is 8.62. The summed E-state index contributed by atoms with van der Waals surface area (Å²) in [5, 5.41) is 7.13. The Morgan fingerprint density at radius 1 is 1.21 bits per heavy atom. The van der Waals surface area contributed by atoms with Crippen molar-refractivity contribution in [2.75, 3.05) is 6.54 Å². The lowest BCUT2D eigenvalue weighted by atomic mass is 9.71. The van der Waals surface area contributed by atoms with E-state index in [-0.39, 0.29) is 11.3 Å². The van der Waals surface area contributed by atoms with Gasteiger partial charge in [0.25, 0.3) is 0 Å². The molecule has 1 heterocycles. The lowest BCUT2D eigenvalue weighted by Gasteiger charge is -2.35. The van der Waals surface area contributed by atoms with E-state index in [9.17, 15) is 4.79 Å². The zero-order valence-electron chi connectivity index (χ0n) is 13.9. The van der Waals surface area contributed by atoms with Gasteiger partial charge in [0.1, 0.15) is 12.7 Å². The van der Waals surface area contributed by atoms with Gasteiger partial charge in [0.15, 0.2) is 0 Å². The third-order valence-electron chi connectivity index (χ3n) is 4.99. The predicted molar refractivity (Wildman–Crippen MR) is 92.4 cm³/mol. The van der Waals surface area contributed by atoms with Crippen molar-refractivity contribution in [2.45, 2.75) is 45.1 Å². The van der Waals surface area contributed by atoms with Gasteiger partial charge in [-0.15, -0.1) is 0 Å². The lowest BCUT2D eigenvalue weighted by molar-refractivity contribution is -0.124. The van der Waals surface area contributed by atoms with Crippen molar-refractivity contribution < 1.29 is 4.79 Å². The topological polar surface area (TPSA) is 85.8 Å². The molecule has 24 heavy (non-hydrogen) atoms. The van der Waals surface area contributed by atoms with Crippen LogP contribution < -0.4 is 11.1 Å². The molecule has 0 spiro atoms. The van der Waals surface area contributed by atoms with Crippen LogP contribution in [0.5, 0.6) is 0 Å². The van der Waals surface area contributed by atoms with Gasteiger partial charge in [-0.25, -0.2) is 9.67 Å². The van der Waals surface area contributed by atoms with E-state index < -0.39 is 0 Å². The molecule has 1 saturated carbocycles. The van der Waals surface area contributed by atoms with Crippen LogP contribution in [0, 0.1) is 5.41 Å². The predicted octanol–water partition coefficient (Wildman–Crippen LogP) is 2.18. The first-order chi connectivity index (χ1) is 11.7. The van der Waals surface area contributed by atoms with Crippen molar-refractivity contribution in [1.29, 1.82) is 0 Å². The molecule has 0 bridgehead atoms.